The molecule has 0 spiro atoms. The highest BCUT2D eigenvalue weighted by Crippen LogP contribution is 2.31. The van der Waals surface area contributed by atoms with E-state index in [1.807, 2.05) is 19.1 Å². The van der Waals surface area contributed by atoms with Crippen LogP contribution in [0.2, 0.25) is 0 Å². The fraction of sp³-hybridized carbons (Fsp3) is 0.571. The number of Topliss-reactive ketones (excluding diaryl/α,β-unsaturated/α-hetero) is 1. The van der Waals surface area contributed by atoms with E-state index in [2.05, 4.69) is 11.1 Å². The molecule has 0 saturated heterocycles. The van der Waals surface area contributed by atoms with Crippen molar-refractivity contribution in [2.45, 2.75) is 51.4 Å². The van der Waals surface area contributed by atoms with Gasteiger partial charge in [-0.1, -0.05) is 32.3 Å². The van der Waals surface area contributed by atoms with Crippen molar-refractivity contribution in [3.05, 3.63) is 29.6 Å². The zero-order valence-corrected chi connectivity index (χ0v) is 9.91. The van der Waals surface area contributed by atoms with E-state index in [9.17, 15) is 4.79 Å². The number of hydrogen-bond acceptors (Lipinski definition) is 2. The third kappa shape index (κ3) is 2.49. The summed E-state index contributed by atoms with van der Waals surface area (Å²) in [6.45, 7) is 1.89. The molecule has 1 fully saturated rings. The Balaban J connectivity index is 0.00000144. The molecule has 2 heteroatoms. The van der Waals surface area contributed by atoms with E-state index in [0.29, 0.717) is 18.0 Å². The van der Waals surface area contributed by atoms with E-state index in [4.69, 9.17) is 0 Å². The summed E-state index contributed by atoms with van der Waals surface area (Å²) < 4.78 is 0. The molecule has 1 aromatic heterocycles. The van der Waals surface area contributed by atoms with E-state index in [-0.39, 0.29) is 7.21 Å². The monoisotopic (exact) mass is 219 g/mol. The first-order valence-corrected chi connectivity index (χ1v) is 6.31. The fourth-order valence-electron chi connectivity index (χ4n) is 2.41. The van der Waals surface area contributed by atoms with Gasteiger partial charge in [0.05, 0.1) is 0 Å². The summed E-state index contributed by atoms with van der Waals surface area (Å²) in [5, 5.41) is 0. The maximum atomic E-state index is 11.6. The Morgan fingerprint density at radius 3 is 2.81 bits per heavy atom. The minimum absolute atomic E-state index is 0. The van der Waals surface area contributed by atoms with Crippen molar-refractivity contribution in [2.24, 2.45) is 0 Å². The Hall–Kier alpha value is -1.18. The predicted octanol–water partition coefficient (Wildman–Crippen LogP) is 3.97. The Morgan fingerprint density at radius 1 is 1.38 bits per heavy atom. The molecule has 1 aromatic rings. The zero-order valence-electron chi connectivity index (χ0n) is 9.91. The van der Waals surface area contributed by atoms with Gasteiger partial charge in [-0.3, -0.25) is 4.79 Å². The minimum atomic E-state index is 0. The lowest BCUT2D eigenvalue weighted by atomic mass is 9.86. The van der Waals surface area contributed by atoms with Gasteiger partial charge in [0.25, 0.3) is 0 Å². The topological polar surface area (TPSA) is 30.0 Å². The summed E-state index contributed by atoms with van der Waals surface area (Å²) in [7, 11) is 0. The molecule has 0 aromatic carbocycles. The Kier molecular flexibility index (Phi) is 3.70. The average Bonchev–Trinajstić information content (AvgIpc) is 2.39. The first-order chi connectivity index (χ1) is 7.81. The highest BCUT2D eigenvalue weighted by molar-refractivity contribution is 5.93. The van der Waals surface area contributed by atoms with Crippen LogP contribution in [-0.4, -0.2) is 10.8 Å². The number of hydrogen-bond donors (Lipinski definition) is 0. The van der Waals surface area contributed by atoms with Crippen LogP contribution < -0.4 is 0 Å². The van der Waals surface area contributed by atoms with Crippen molar-refractivity contribution in [2.75, 3.05) is 0 Å². The summed E-state index contributed by atoms with van der Waals surface area (Å²) in [6, 6.07) is 5.88. The molecule has 0 N–H and O–H groups in total. The summed E-state index contributed by atoms with van der Waals surface area (Å²) in [5.41, 5.74) is 1.77. The minimum Gasteiger partial charge on any atom is -0.292 e. The molecule has 0 aliphatic heterocycles. The number of carbonyl (C=O) groups excluding carboxylic acids is 1. The standard InChI is InChI=1S/C14H19NO.H2/c1-2-14(16)13-10-6-9-12(15-13)11-7-4-3-5-8-11;/h6,9-11H,2-5,7-8H2,1H3;1H. The lowest BCUT2D eigenvalue weighted by molar-refractivity contribution is 0.0983. The van der Waals surface area contributed by atoms with Gasteiger partial charge in [0.1, 0.15) is 5.69 Å². The van der Waals surface area contributed by atoms with Crippen LogP contribution in [0.15, 0.2) is 18.2 Å². The Morgan fingerprint density at radius 2 is 2.12 bits per heavy atom. The largest absolute Gasteiger partial charge is 0.292 e. The molecule has 1 aliphatic carbocycles. The number of ketones is 1. The molecule has 0 amide bonds. The number of aromatic nitrogens is 1. The molecular formula is C14H21NO. The number of rotatable bonds is 3. The van der Waals surface area contributed by atoms with Crippen LogP contribution in [0.3, 0.4) is 0 Å². The van der Waals surface area contributed by atoms with E-state index >= 15 is 0 Å². The molecule has 16 heavy (non-hydrogen) atoms. The molecule has 1 aliphatic rings. The number of carbonyl (C=O) groups is 1. The molecule has 0 atom stereocenters. The lowest BCUT2D eigenvalue weighted by Gasteiger charge is -2.21. The van der Waals surface area contributed by atoms with E-state index < -0.39 is 0 Å². The Bertz CT molecular complexity index is 372. The van der Waals surface area contributed by atoms with Gasteiger partial charge in [0.2, 0.25) is 0 Å². The summed E-state index contributed by atoms with van der Waals surface area (Å²) in [5.74, 6) is 0.732. The van der Waals surface area contributed by atoms with E-state index in [1.165, 1.54) is 32.1 Å². The zero-order chi connectivity index (χ0) is 11.4. The molecule has 0 bridgehead atoms. The van der Waals surface area contributed by atoms with Crippen LogP contribution in [0.25, 0.3) is 0 Å². The van der Waals surface area contributed by atoms with E-state index in [0.717, 1.165) is 5.69 Å². The van der Waals surface area contributed by atoms with Gasteiger partial charge in [0.15, 0.2) is 5.78 Å². The quantitative estimate of drug-likeness (QED) is 0.720. The molecule has 0 unspecified atom stereocenters. The summed E-state index contributed by atoms with van der Waals surface area (Å²) in [4.78, 5) is 16.1. The summed E-state index contributed by atoms with van der Waals surface area (Å²) in [6.07, 6.45) is 6.97. The predicted molar refractivity (Wildman–Crippen MR) is 66.8 cm³/mol. The van der Waals surface area contributed by atoms with Crippen LogP contribution in [0.1, 0.15) is 69.0 Å². The lowest BCUT2D eigenvalue weighted by Crippen LogP contribution is -2.09. The van der Waals surface area contributed by atoms with Crippen molar-refractivity contribution in [1.29, 1.82) is 0 Å². The first-order valence-electron chi connectivity index (χ1n) is 6.31. The second-order valence-corrected chi connectivity index (χ2v) is 4.56. The summed E-state index contributed by atoms with van der Waals surface area (Å²) >= 11 is 0. The number of nitrogens with zero attached hydrogens (tertiary/aromatic N) is 1. The van der Waals surface area contributed by atoms with Crippen LogP contribution in [-0.2, 0) is 0 Å². The van der Waals surface area contributed by atoms with Crippen LogP contribution >= 0.6 is 0 Å². The molecule has 1 heterocycles. The third-order valence-electron chi connectivity index (χ3n) is 3.40. The SMILES string of the molecule is CCC(=O)c1cccc(C2CCCCC2)n1.[HH]. The normalized spacial score (nSPS) is 17.3. The van der Waals surface area contributed by atoms with E-state index in [1.54, 1.807) is 0 Å². The van der Waals surface area contributed by atoms with Gasteiger partial charge in [-0.2, -0.15) is 0 Å². The van der Waals surface area contributed by atoms with Gasteiger partial charge in [0, 0.05) is 19.5 Å². The van der Waals surface area contributed by atoms with Crippen molar-refractivity contribution >= 4 is 5.78 Å². The van der Waals surface area contributed by atoms with Gasteiger partial charge in [-0.15, -0.1) is 0 Å². The molecule has 0 radical (unpaired) electrons. The third-order valence-corrected chi connectivity index (χ3v) is 3.40. The van der Waals surface area contributed by atoms with Crippen LogP contribution in [0.4, 0.5) is 0 Å². The van der Waals surface area contributed by atoms with Gasteiger partial charge in [-0.05, 0) is 25.0 Å². The second-order valence-electron chi connectivity index (χ2n) is 4.56. The van der Waals surface area contributed by atoms with Gasteiger partial charge >= 0.3 is 0 Å². The van der Waals surface area contributed by atoms with Crippen molar-refractivity contribution < 1.29 is 6.22 Å². The molecular weight excluding hydrogens is 198 g/mol. The van der Waals surface area contributed by atoms with Crippen molar-refractivity contribution in [1.82, 2.24) is 4.98 Å². The van der Waals surface area contributed by atoms with Crippen molar-refractivity contribution in [3.63, 3.8) is 0 Å². The van der Waals surface area contributed by atoms with Gasteiger partial charge < -0.3 is 0 Å². The second kappa shape index (κ2) is 5.24. The Labute approximate surface area is 98.6 Å². The maximum Gasteiger partial charge on any atom is 0.180 e. The maximum absolute atomic E-state index is 11.6. The highest BCUT2D eigenvalue weighted by Gasteiger charge is 2.17. The average molecular weight is 219 g/mol. The van der Waals surface area contributed by atoms with Crippen LogP contribution in [0, 0.1) is 0 Å². The highest BCUT2D eigenvalue weighted by atomic mass is 16.1. The molecule has 2 nitrogen and oxygen atoms in total. The first kappa shape index (κ1) is 11.3. The van der Waals surface area contributed by atoms with Crippen molar-refractivity contribution in [3.8, 4) is 0 Å². The molecule has 88 valence electrons. The van der Waals surface area contributed by atoms with Gasteiger partial charge in [-0.25, -0.2) is 4.98 Å². The molecule has 2 rings (SSSR count). The fourth-order valence-corrected chi connectivity index (χ4v) is 2.41. The number of pyridine rings is 1. The smallest absolute Gasteiger partial charge is 0.180 e. The van der Waals surface area contributed by atoms with Crippen LogP contribution in [0.5, 0.6) is 0 Å². The molecule has 1 saturated carbocycles.